The van der Waals surface area contributed by atoms with Crippen LogP contribution in [-0.2, 0) is 11.2 Å². The molecule has 0 radical (unpaired) electrons. The molecule has 0 aliphatic carbocycles. The molecule has 8 heteroatoms. The van der Waals surface area contributed by atoms with Gasteiger partial charge >= 0.3 is 0 Å². The molecule has 6 nitrogen and oxygen atoms in total. The van der Waals surface area contributed by atoms with Gasteiger partial charge in [0.25, 0.3) is 5.92 Å². The van der Waals surface area contributed by atoms with Crippen molar-refractivity contribution in [3.8, 4) is 11.8 Å². The van der Waals surface area contributed by atoms with Crippen LogP contribution in [0.5, 0.6) is 5.75 Å². The van der Waals surface area contributed by atoms with Crippen LogP contribution in [0.25, 0.3) is 23.1 Å². The van der Waals surface area contributed by atoms with Crippen LogP contribution >= 0.6 is 0 Å². The number of hydrogen-bond acceptors (Lipinski definition) is 5. The Morgan fingerprint density at radius 3 is 2.73 bits per heavy atom. The summed E-state index contributed by atoms with van der Waals surface area (Å²) < 4.78 is 33.1. The number of carbonyl (C=O) groups is 2. The summed E-state index contributed by atoms with van der Waals surface area (Å²) in [4.78, 5) is 30.8. The number of hydrogen-bond donors (Lipinski definition) is 0. The SMILES string of the molecule is N#C[C@@H]1CC(F)(F)CN1C(=O)CCC(=O)c1ccnc2ccc(/C=C/c3ccc4c(c3)OCCC4)cc12. The lowest BCUT2D eigenvalue weighted by molar-refractivity contribution is -0.132. The van der Waals surface area contributed by atoms with Crippen molar-refractivity contribution >= 4 is 34.7 Å². The summed E-state index contributed by atoms with van der Waals surface area (Å²) in [5, 5.41) is 9.77. The fraction of sp³-hybridized carbons (Fsp3) is 0.310. The summed E-state index contributed by atoms with van der Waals surface area (Å²) in [5.74, 6) is -3.07. The summed E-state index contributed by atoms with van der Waals surface area (Å²) >= 11 is 0. The number of alkyl halides is 2. The first-order valence-electron chi connectivity index (χ1n) is 12.3. The van der Waals surface area contributed by atoms with Crippen molar-refractivity contribution in [1.29, 1.82) is 5.26 Å². The predicted molar refractivity (Wildman–Crippen MR) is 135 cm³/mol. The van der Waals surface area contributed by atoms with E-state index in [2.05, 4.69) is 11.1 Å². The monoisotopic (exact) mass is 501 g/mol. The number of likely N-dealkylation sites (tertiary alicyclic amines) is 1. The first-order valence-corrected chi connectivity index (χ1v) is 12.3. The molecular formula is C29H25F2N3O3. The Kier molecular flexibility index (Phi) is 6.70. The standard InChI is InChI=1S/C29H25F2N3O3/c30-29(31)16-22(17-32)34(18-29)28(36)10-9-26(35)23-11-12-33-25-8-6-19(14-24(23)25)3-4-20-5-7-21-2-1-13-37-27(21)15-20/h3-8,11-12,14-15,22H,1-2,9-10,13,16,18H2/b4-3+/t22-/m0/s1. The summed E-state index contributed by atoms with van der Waals surface area (Å²) in [6.45, 7) is -0.0634. The van der Waals surface area contributed by atoms with E-state index in [9.17, 15) is 18.4 Å². The quantitative estimate of drug-likeness (QED) is 0.331. The largest absolute Gasteiger partial charge is 0.493 e. The maximum Gasteiger partial charge on any atom is 0.268 e. The molecule has 0 unspecified atom stereocenters. The van der Waals surface area contributed by atoms with Crippen LogP contribution in [0.4, 0.5) is 8.78 Å². The zero-order valence-corrected chi connectivity index (χ0v) is 20.1. The molecule has 1 saturated heterocycles. The van der Waals surface area contributed by atoms with Gasteiger partial charge in [0.1, 0.15) is 11.8 Å². The average Bonchev–Trinajstić information content (AvgIpc) is 3.24. The van der Waals surface area contributed by atoms with Gasteiger partial charge in [0.15, 0.2) is 5.78 Å². The second-order valence-corrected chi connectivity index (χ2v) is 9.44. The lowest BCUT2D eigenvalue weighted by atomic mass is 9.99. The number of aryl methyl sites for hydroxylation is 1. The Hall–Kier alpha value is -4.12. The Morgan fingerprint density at radius 2 is 1.92 bits per heavy atom. The molecule has 2 aromatic carbocycles. The minimum absolute atomic E-state index is 0.145. The highest BCUT2D eigenvalue weighted by atomic mass is 19.3. The number of nitrogens with zero attached hydrogens (tertiary/aromatic N) is 3. The minimum atomic E-state index is -3.09. The number of halogens is 2. The molecule has 0 N–H and O–H groups in total. The van der Waals surface area contributed by atoms with Crippen molar-refractivity contribution in [2.24, 2.45) is 0 Å². The van der Waals surface area contributed by atoms with Crippen LogP contribution in [-0.4, -0.2) is 46.7 Å². The lowest BCUT2D eigenvalue weighted by Crippen LogP contribution is -2.36. The van der Waals surface area contributed by atoms with Crippen molar-refractivity contribution in [2.45, 2.75) is 44.1 Å². The van der Waals surface area contributed by atoms with E-state index in [0.29, 0.717) is 16.5 Å². The van der Waals surface area contributed by atoms with E-state index in [4.69, 9.17) is 10.00 Å². The van der Waals surface area contributed by atoms with E-state index in [1.807, 2.05) is 42.5 Å². The van der Waals surface area contributed by atoms with Crippen molar-refractivity contribution in [3.05, 3.63) is 70.9 Å². The Bertz CT molecular complexity index is 1440. The van der Waals surface area contributed by atoms with E-state index in [1.165, 1.54) is 11.8 Å². The summed E-state index contributed by atoms with van der Waals surface area (Å²) in [6, 6.07) is 14.0. The number of ether oxygens (including phenoxy) is 1. The highest BCUT2D eigenvalue weighted by molar-refractivity contribution is 6.08. The molecule has 0 bridgehead atoms. The molecule has 2 aliphatic heterocycles. The number of carbonyl (C=O) groups excluding carboxylic acids is 2. The summed E-state index contributed by atoms with van der Waals surface area (Å²) in [7, 11) is 0. The normalized spacial score (nSPS) is 18.4. The van der Waals surface area contributed by atoms with Gasteiger partial charge in [-0.15, -0.1) is 0 Å². The number of nitriles is 1. The van der Waals surface area contributed by atoms with Gasteiger partial charge in [-0.1, -0.05) is 30.4 Å². The highest BCUT2D eigenvalue weighted by Crippen LogP contribution is 2.32. The zero-order chi connectivity index (χ0) is 26.0. The van der Waals surface area contributed by atoms with Crippen LogP contribution in [0.1, 0.15) is 52.7 Å². The van der Waals surface area contributed by atoms with Crippen LogP contribution in [0.3, 0.4) is 0 Å². The molecule has 188 valence electrons. The van der Waals surface area contributed by atoms with Gasteiger partial charge in [-0.3, -0.25) is 14.6 Å². The zero-order valence-electron chi connectivity index (χ0n) is 20.1. The topological polar surface area (TPSA) is 83.3 Å². The first-order chi connectivity index (χ1) is 17.8. The molecule has 1 aromatic heterocycles. The maximum atomic E-state index is 13.7. The van der Waals surface area contributed by atoms with E-state index >= 15 is 0 Å². The van der Waals surface area contributed by atoms with Crippen molar-refractivity contribution < 1.29 is 23.1 Å². The molecule has 5 rings (SSSR count). The number of amides is 1. The van der Waals surface area contributed by atoms with Crippen LogP contribution in [0.15, 0.2) is 48.7 Å². The molecular weight excluding hydrogens is 476 g/mol. The van der Waals surface area contributed by atoms with Gasteiger partial charge in [-0.25, -0.2) is 8.78 Å². The van der Waals surface area contributed by atoms with Crippen molar-refractivity contribution in [2.75, 3.05) is 13.2 Å². The highest BCUT2D eigenvalue weighted by Gasteiger charge is 2.47. The third-order valence-electron chi connectivity index (χ3n) is 6.78. The third-order valence-corrected chi connectivity index (χ3v) is 6.78. The van der Waals surface area contributed by atoms with Crippen LogP contribution < -0.4 is 4.74 Å². The van der Waals surface area contributed by atoms with E-state index < -0.39 is 30.8 Å². The number of benzene rings is 2. The molecule has 3 aromatic rings. The molecule has 37 heavy (non-hydrogen) atoms. The number of fused-ring (bicyclic) bond motifs is 2. The van der Waals surface area contributed by atoms with E-state index in [-0.39, 0.29) is 18.6 Å². The second kappa shape index (κ2) is 10.1. The minimum Gasteiger partial charge on any atom is -0.493 e. The number of pyridine rings is 1. The van der Waals surface area contributed by atoms with Crippen LogP contribution in [0.2, 0.25) is 0 Å². The first kappa shape index (κ1) is 24.6. The molecule has 1 atom stereocenters. The second-order valence-electron chi connectivity index (χ2n) is 9.44. The van der Waals surface area contributed by atoms with E-state index in [0.717, 1.165) is 41.2 Å². The number of Topliss-reactive ketones (excluding diaryl/α,β-unsaturated/α-hetero) is 1. The number of aromatic nitrogens is 1. The van der Waals surface area contributed by atoms with Gasteiger partial charge in [-0.05, 0) is 53.8 Å². The summed E-state index contributed by atoms with van der Waals surface area (Å²) in [5.41, 5.74) is 4.15. The van der Waals surface area contributed by atoms with E-state index in [1.54, 1.807) is 12.1 Å². The van der Waals surface area contributed by atoms with Crippen molar-refractivity contribution in [3.63, 3.8) is 0 Å². The van der Waals surface area contributed by atoms with Gasteiger partial charge in [0.05, 0.1) is 24.7 Å². The molecule has 2 aliphatic rings. The molecule has 0 spiro atoms. The summed E-state index contributed by atoms with van der Waals surface area (Å²) in [6.07, 6.45) is 6.45. The van der Waals surface area contributed by atoms with Crippen molar-refractivity contribution in [1.82, 2.24) is 9.88 Å². The molecule has 1 amide bonds. The molecule has 1 fully saturated rings. The Morgan fingerprint density at radius 1 is 1.14 bits per heavy atom. The average molecular weight is 502 g/mol. The van der Waals surface area contributed by atoms with Gasteiger partial charge in [-0.2, -0.15) is 5.26 Å². The van der Waals surface area contributed by atoms with Crippen LogP contribution in [0, 0.1) is 11.3 Å². The number of rotatable bonds is 6. The molecule has 3 heterocycles. The smallest absolute Gasteiger partial charge is 0.268 e. The fourth-order valence-electron chi connectivity index (χ4n) is 4.86. The number of ketones is 1. The van der Waals surface area contributed by atoms with Gasteiger partial charge in [0.2, 0.25) is 5.91 Å². The Balaban J connectivity index is 1.31. The van der Waals surface area contributed by atoms with Gasteiger partial charge in [0, 0.05) is 36.4 Å². The lowest BCUT2D eigenvalue weighted by Gasteiger charge is -2.18. The molecule has 0 saturated carbocycles. The van der Waals surface area contributed by atoms with Gasteiger partial charge < -0.3 is 9.64 Å². The fourth-order valence-corrected chi connectivity index (χ4v) is 4.86. The maximum absolute atomic E-state index is 13.7. The third kappa shape index (κ3) is 5.36. The Labute approximate surface area is 213 Å². The predicted octanol–water partition coefficient (Wildman–Crippen LogP) is 5.45.